The fraction of sp³-hybridized carbons (Fsp3) is 0.278. The lowest BCUT2D eigenvalue weighted by molar-refractivity contribution is -0.144. The van der Waals surface area contributed by atoms with Crippen LogP contribution < -0.4 is 0 Å². The number of hydrogen-bond donors (Lipinski definition) is 0. The van der Waals surface area contributed by atoms with Crippen molar-refractivity contribution in [2.45, 2.75) is 20.0 Å². The molecule has 0 aliphatic heterocycles. The monoisotopic (exact) mass is 357 g/mol. The Bertz CT molecular complexity index is 787. The van der Waals surface area contributed by atoms with Crippen LogP contribution in [0.5, 0.6) is 0 Å². The molecule has 0 radical (unpaired) electrons. The normalized spacial score (nSPS) is 11.0. The molecule has 0 saturated heterocycles. The molecule has 130 valence electrons. The Morgan fingerprint density at radius 3 is 2.72 bits per heavy atom. The van der Waals surface area contributed by atoms with E-state index in [0.29, 0.717) is 31.5 Å². The molecule has 0 aliphatic carbocycles. The number of carbonyl (C=O) groups is 1. The van der Waals surface area contributed by atoms with E-state index in [-0.39, 0.29) is 12.5 Å². The Morgan fingerprint density at radius 2 is 2.00 bits per heavy atom. The van der Waals surface area contributed by atoms with E-state index in [4.69, 9.17) is 9.15 Å². The lowest BCUT2D eigenvalue weighted by Gasteiger charge is -2.19. The number of carbonyl (C=O) groups excluding carboxylic acids is 1. The van der Waals surface area contributed by atoms with Crippen LogP contribution in [0.4, 0.5) is 0 Å². The van der Waals surface area contributed by atoms with Gasteiger partial charge in [0, 0.05) is 6.54 Å². The summed E-state index contributed by atoms with van der Waals surface area (Å²) < 4.78 is 10.8. The van der Waals surface area contributed by atoms with Crippen LogP contribution in [0.1, 0.15) is 18.4 Å². The molecule has 3 rings (SSSR count). The van der Waals surface area contributed by atoms with Gasteiger partial charge < -0.3 is 9.15 Å². The quantitative estimate of drug-likeness (QED) is 0.576. The fourth-order valence-corrected chi connectivity index (χ4v) is 3.05. The van der Waals surface area contributed by atoms with Gasteiger partial charge in [-0.25, -0.2) is 0 Å². The fourth-order valence-electron chi connectivity index (χ4n) is 2.41. The third kappa shape index (κ3) is 4.98. The first-order chi connectivity index (χ1) is 12.2. The SMILES string of the molecule is CCOC(=O)CN(Cc1ccccc1)Cc1nnc(-c2cccs2)o1. The average Bonchev–Trinajstić information content (AvgIpc) is 3.27. The van der Waals surface area contributed by atoms with Crippen molar-refractivity contribution >= 4 is 17.3 Å². The van der Waals surface area contributed by atoms with Gasteiger partial charge in [-0.15, -0.1) is 21.5 Å². The molecule has 7 heteroatoms. The zero-order valence-corrected chi connectivity index (χ0v) is 14.7. The molecule has 25 heavy (non-hydrogen) atoms. The van der Waals surface area contributed by atoms with Gasteiger partial charge in [-0.05, 0) is 23.9 Å². The molecule has 3 aromatic rings. The van der Waals surface area contributed by atoms with Gasteiger partial charge in [0.1, 0.15) is 0 Å². The molecule has 0 spiro atoms. The molecule has 6 nitrogen and oxygen atoms in total. The minimum atomic E-state index is -0.267. The largest absolute Gasteiger partial charge is 0.465 e. The topological polar surface area (TPSA) is 68.5 Å². The second kappa shape index (κ2) is 8.55. The molecule has 0 unspecified atom stereocenters. The molecule has 0 fully saturated rings. The summed E-state index contributed by atoms with van der Waals surface area (Å²) in [6.07, 6.45) is 0. The van der Waals surface area contributed by atoms with Gasteiger partial charge in [0.15, 0.2) is 0 Å². The highest BCUT2D eigenvalue weighted by Gasteiger charge is 2.17. The average molecular weight is 357 g/mol. The van der Waals surface area contributed by atoms with Gasteiger partial charge in [0.25, 0.3) is 5.89 Å². The minimum Gasteiger partial charge on any atom is -0.465 e. The number of thiophene rings is 1. The standard InChI is InChI=1S/C18H19N3O3S/c1-2-23-17(22)13-21(11-14-7-4-3-5-8-14)12-16-19-20-18(24-16)15-9-6-10-25-15/h3-10H,2,11-13H2,1H3. The van der Waals surface area contributed by atoms with Gasteiger partial charge in [0.05, 0.1) is 24.6 Å². The Balaban J connectivity index is 1.71. The first-order valence-electron chi connectivity index (χ1n) is 8.02. The third-order valence-electron chi connectivity index (χ3n) is 3.46. The molecule has 2 heterocycles. The molecule has 1 aromatic carbocycles. The van der Waals surface area contributed by atoms with Crippen LogP contribution in [0.2, 0.25) is 0 Å². The number of rotatable bonds is 8. The Morgan fingerprint density at radius 1 is 1.16 bits per heavy atom. The Hall–Kier alpha value is -2.51. The summed E-state index contributed by atoms with van der Waals surface area (Å²) in [5.41, 5.74) is 1.10. The van der Waals surface area contributed by atoms with Gasteiger partial charge in [-0.2, -0.15) is 0 Å². The number of hydrogen-bond acceptors (Lipinski definition) is 7. The molecular formula is C18H19N3O3S. The number of nitrogens with zero attached hydrogens (tertiary/aromatic N) is 3. The molecule has 0 aliphatic rings. The summed E-state index contributed by atoms with van der Waals surface area (Å²) in [5, 5.41) is 10.1. The molecule has 0 atom stereocenters. The smallest absolute Gasteiger partial charge is 0.320 e. The van der Waals surface area contributed by atoms with E-state index >= 15 is 0 Å². The van der Waals surface area contributed by atoms with Crippen LogP contribution in [0.3, 0.4) is 0 Å². The van der Waals surface area contributed by atoms with Crippen molar-refractivity contribution in [2.24, 2.45) is 0 Å². The van der Waals surface area contributed by atoms with Crippen molar-refractivity contribution < 1.29 is 13.9 Å². The van der Waals surface area contributed by atoms with Gasteiger partial charge in [0.2, 0.25) is 5.89 Å². The van der Waals surface area contributed by atoms with Crippen molar-refractivity contribution in [3.8, 4) is 10.8 Å². The summed E-state index contributed by atoms with van der Waals surface area (Å²) in [4.78, 5) is 14.8. The van der Waals surface area contributed by atoms with E-state index in [1.165, 1.54) is 0 Å². The summed E-state index contributed by atoms with van der Waals surface area (Å²) in [5.74, 6) is 0.709. The highest BCUT2D eigenvalue weighted by molar-refractivity contribution is 7.13. The summed E-state index contributed by atoms with van der Waals surface area (Å²) in [6, 6.07) is 13.8. The lowest BCUT2D eigenvalue weighted by Crippen LogP contribution is -2.30. The molecule has 2 aromatic heterocycles. The van der Waals surface area contributed by atoms with E-state index in [0.717, 1.165) is 10.4 Å². The first-order valence-corrected chi connectivity index (χ1v) is 8.90. The van der Waals surface area contributed by atoms with E-state index < -0.39 is 0 Å². The minimum absolute atomic E-state index is 0.166. The molecule has 0 N–H and O–H groups in total. The summed E-state index contributed by atoms with van der Waals surface area (Å²) >= 11 is 1.54. The number of aromatic nitrogens is 2. The van der Waals surface area contributed by atoms with Crippen molar-refractivity contribution in [1.29, 1.82) is 0 Å². The lowest BCUT2D eigenvalue weighted by atomic mass is 10.2. The van der Waals surface area contributed by atoms with E-state index in [1.807, 2.05) is 52.7 Å². The predicted octanol–water partition coefficient (Wildman–Crippen LogP) is 3.36. The van der Waals surface area contributed by atoms with Crippen molar-refractivity contribution in [2.75, 3.05) is 13.2 Å². The molecule has 0 bridgehead atoms. The second-order valence-electron chi connectivity index (χ2n) is 5.41. The van der Waals surface area contributed by atoms with E-state index in [9.17, 15) is 4.79 Å². The van der Waals surface area contributed by atoms with E-state index in [2.05, 4.69) is 10.2 Å². The maximum Gasteiger partial charge on any atom is 0.320 e. The van der Waals surface area contributed by atoms with Crippen LogP contribution in [0.25, 0.3) is 10.8 Å². The highest BCUT2D eigenvalue weighted by atomic mass is 32.1. The van der Waals surface area contributed by atoms with Crippen molar-refractivity contribution in [1.82, 2.24) is 15.1 Å². The maximum absolute atomic E-state index is 11.9. The first kappa shape index (κ1) is 17.3. The summed E-state index contributed by atoms with van der Waals surface area (Å²) in [7, 11) is 0. The van der Waals surface area contributed by atoms with Crippen LogP contribution >= 0.6 is 11.3 Å². The van der Waals surface area contributed by atoms with Gasteiger partial charge >= 0.3 is 5.97 Å². The Labute approximate surface area is 150 Å². The highest BCUT2D eigenvalue weighted by Crippen LogP contribution is 2.23. The second-order valence-corrected chi connectivity index (χ2v) is 6.36. The van der Waals surface area contributed by atoms with Crippen molar-refractivity contribution in [3.63, 3.8) is 0 Å². The van der Waals surface area contributed by atoms with Crippen LogP contribution in [0.15, 0.2) is 52.3 Å². The zero-order chi connectivity index (χ0) is 17.5. The van der Waals surface area contributed by atoms with E-state index in [1.54, 1.807) is 18.3 Å². The zero-order valence-electron chi connectivity index (χ0n) is 13.9. The number of benzene rings is 1. The van der Waals surface area contributed by atoms with Crippen molar-refractivity contribution in [3.05, 3.63) is 59.3 Å². The molecule has 0 saturated carbocycles. The maximum atomic E-state index is 11.9. The molecular weight excluding hydrogens is 338 g/mol. The van der Waals surface area contributed by atoms with Crippen LogP contribution in [0, 0.1) is 0 Å². The summed E-state index contributed by atoms with van der Waals surface area (Å²) in [6.45, 7) is 3.30. The number of ether oxygens (including phenoxy) is 1. The van der Waals surface area contributed by atoms with Crippen LogP contribution in [-0.2, 0) is 22.6 Å². The van der Waals surface area contributed by atoms with Gasteiger partial charge in [-0.1, -0.05) is 36.4 Å². The number of esters is 1. The van der Waals surface area contributed by atoms with Gasteiger partial charge in [-0.3, -0.25) is 9.69 Å². The van der Waals surface area contributed by atoms with Crippen LogP contribution in [-0.4, -0.2) is 34.2 Å². The molecule has 0 amide bonds. The Kier molecular flexibility index (Phi) is 5.92. The third-order valence-corrected chi connectivity index (χ3v) is 4.32. The predicted molar refractivity (Wildman–Crippen MR) is 94.8 cm³/mol.